The van der Waals surface area contributed by atoms with Gasteiger partial charge in [0.05, 0.1) is 0 Å². The molecule has 12 aromatic rings. The number of hydrogen-bond donors (Lipinski definition) is 0. The Kier molecular flexibility index (Phi) is 9.43. The van der Waals surface area contributed by atoms with Crippen molar-refractivity contribution in [1.82, 2.24) is 15.0 Å². The first-order valence-corrected chi connectivity index (χ1v) is 21.6. The van der Waals surface area contributed by atoms with E-state index in [-0.39, 0.29) is 33.1 Å². The van der Waals surface area contributed by atoms with E-state index >= 15 is 0 Å². The quantitative estimate of drug-likeness (QED) is 0.157. The van der Waals surface area contributed by atoms with Gasteiger partial charge in [0.1, 0.15) is 50.4 Å². The van der Waals surface area contributed by atoms with Gasteiger partial charge in [-0.25, -0.2) is 15.0 Å². The molecule has 0 saturated carbocycles. The highest BCUT2D eigenvalue weighted by Gasteiger charge is 2.20. The van der Waals surface area contributed by atoms with E-state index in [0.717, 1.165) is 82.4 Å². The zero-order valence-corrected chi connectivity index (χ0v) is 35.5. The Labute approximate surface area is 387 Å². The molecule has 12 rings (SSSR count). The van der Waals surface area contributed by atoms with Gasteiger partial charge in [-0.2, -0.15) is 0 Å². The van der Waals surface area contributed by atoms with Crippen LogP contribution in [-0.2, 0) is 0 Å². The van der Waals surface area contributed by atoms with Crippen LogP contribution in [-0.4, -0.2) is 54.2 Å². The van der Waals surface area contributed by atoms with E-state index < -0.39 is 0 Å². The van der Waals surface area contributed by atoms with Crippen molar-refractivity contribution in [2.75, 3.05) is 0 Å². The molecule has 66 heavy (non-hydrogen) atoms. The van der Waals surface area contributed by atoms with Crippen LogP contribution in [0.4, 0.5) is 0 Å². The van der Waals surface area contributed by atoms with Crippen molar-refractivity contribution >= 4 is 121 Å². The van der Waals surface area contributed by atoms with Crippen LogP contribution in [0.3, 0.4) is 0 Å². The smallest absolute Gasteiger partial charge is 0.164 e. The summed E-state index contributed by atoms with van der Waals surface area (Å²) in [5.74, 6) is 1.03. The third kappa shape index (κ3) is 6.65. The number of benzene rings is 10. The molecule has 0 fully saturated rings. The fourth-order valence-electron chi connectivity index (χ4n) is 9.29. The lowest BCUT2D eigenvalue weighted by atomic mass is 9.60. The largest absolute Gasteiger partial charge is 0.456 e. The number of para-hydroxylation sites is 1. The molecule has 0 aliphatic carbocycles. The molecule has 0 bridgehead atoms. The molecule has 294 valence electrons. The van der Waals surface area contributed by atoms with E-state index in [4.69, 9.17) is 58.6 Å². The lowest BCUT2D eigenvalue weighted by Gasteiger charge is -2.21. The van der Waals surface area contributed by atoms with Crippen molar-refractivity contribution < 1.29 is 4.42 Å². The van der Waals surface area contributed by atoms with Gasteiger partial charge in [-0.3, -0.25) is 0 Å². The molecule has 10 aromatic carbocycles. The van der Waals surface area contributed by atoms with Crippen LogP contribution in [0, 0.1) is 0 Å². The fourth-order valence-corrected chi connectivity index (χ4v) is 9.29. The highest BCUT2D eigenvalue weighted by Crippen LogP contribution is 2.40. The summed E-state index contributed by atoms with van der Waals surface area (Å²) in [6.07, 6.45) is 0. The van der Waals surface area contributed by atoms with E-state index in [1.165, 1.54) is 16.3 Å². The summed E-state index contributed by atoms with van der Waals surface area (Å²) in [5, 5.41) is 8.92. The van der Waals surface area contributed by atoms with E-state index in [1.807, 2.05) is 48.5 Å². The standard InChI is InChI=1S/C57H30B5N3O/c58-50-49(51(59)53(61)54(62)52(50)60)57-64-55(39-21-16-31-8-1-2-10-33(31)28-39)63-56(65-57)40-23-24-43(38-22-25-45-44-13-5-6-15-47(44)66-48(45)30-38)46(29-40)37-20-18-34-26-36(19-17-35(34)27-37)42-14-7-11-32-9-3-4-12-41(32)42/h1-30H. The van der Waals surface area contributed by atoms with Crippen molar-refractivity contribution in [1.29, 1.82) is 0 Å². The van der Waals surface area contributed by atoms with Gasteiger partial charge in [-0.1, -0.05) is 150 Å². The molecule has 2 aromatic heterocycles. The summed E-state index contributed by atoms with van der Waals surface area (Å²) in [5.41, 5.74) is 10.4. The third-order valence-corrected chi connectivity index (χ3v) is 12.8. The van der Waals surface area contributed by atoms with Crippen molar-refractivity contribution in [3.05, 3.63) is 182 Å². The summed E-state index contributed by atoms with van der Waals surface area (Å²) in [6.45, 7) is 0. The highest BCUT2D eigenvalue weighted by atomic mass is 16.3. The first-order chi connectivity index (χ1) is 32.3. The van der Waals surface area contributed by atoms with Gasteiger partial charge in [0.15, 0.2) is 17.5 Å². The molecule has 9 heteroatoms. The number of furan rings is 1. The maximum absolute atomic E-state index is 6.65. The van der Waals surface area contributed by atoms with Gasteiger partial charge in [-0.15, -0.1) is 16.4 Å². The van der Waals surface area contributed by atoms with Crippen LogP contribution in [0.2, 0.25) is 0 Å². The molecule has 0 saturated heterocycles. The molecule has 0 unspecified atom stereocenters. The Morgan fingerprint density at radius 3 is 1.53 bits per heavy atom. The lowest BCUT2D eigenvalue weighted by Crippen LogP contribution is -2.55. The predicted octanol–water partition coefficient (Wildman–Crippen LogP) is 9.20. The van der Waals surface area contributed by atoms with Crippen LogP contribution in [0.25, 0.3) is 122 Å². The monoisotopic (exact) mass is 827 g/mol. The van der Waals surface area contributed by atoms with Crippen LogP contribution < -0.4 is 27.3 Å². The molecule has 0 aliphatic rings. The summed E-state index contributed by atoms with van der Waals surface area (Å²) >= 11 is 0. The van der Waals surface area contributed by atoms with Gasteiger partial charge in [0.2, 0.25) is 0 Å². The van der Waals surface area contributed by atoms with Crippen molar-refractivity contribution in [3.63, 3.8) is 0 Å². The Hall–Kier alpha value is -7.89. The Morgan fingerprint density at radius 2 is 0.773 bits per heavy atom. The molecule has 0 atom stereocenters. The van der Waals surface area contributed by atoms with Gasteiger partial charge in [0, 0.05) is 27.5 Å². The topological polar surface area (TPSA) is 51.8 Å². The number of nitrogens with zero attached hydrogens (tertiary/aromatic N) is 3. The summed E-state index contributed by atoms with van der Waals surface area (Å²) < 4.78 is 6.39. The second-order valence-electron chi connectivity index (χ2n) is 16.7. The Balaban J connectivity index is 1.06. The van der Waals surface area contributed by atoms with E-state index in [9.17, 15) is 0 Å². The third-order valence-electron chi connectivity index (χ3n) is 12.8. The van der Waals surface area contributed by atoms with Crippen LogP contribution >= 0.6 is 0 Å². The van der Waals surface area contributed by atoms with E-state index in [0.29, 0.717) is 17.2 Å². The van der Waals surface area contributed by atoms with Crippen LogP contribution in [0.15, 0.2) is 186 Å². The van der Waals surface area contributed by atoms with Crippen LogP contribution in [0.5, 0.6) is 0 Å². The summed E-state index contributed by atoms with van der Waals surface area (Å²) in [6, 6.07) is 63.3. The maximum Gasteiger partial charge on any atom is 0.164 e. The Morgan fingerprint density at radius 1 is 0.288 bits per heavy atom. The minimum Gasteiger partial charge on any atom is -0.456 e. The normalized spacial score (nSPS) is 11.6. The predicted molar refractivity (Wildman–Crippen MR) is 279 cm³/mol. The number of hydrogen-bond acceptors (Lipinski definition) is 4. The molecule has 0 spiro atoms. The molecule has 10 radical (unpaired) electrons. The average Bonchev–Trinajstić information content (AvgIpc) is 3.74. The minimum atomic E-state index is 0.110. The SMILES string of the molecule is [B]c1c([B])c([B])c(-c2nc(-c3ccc(-c4ccc5c(c4)oc4ccccc45)c(-c4ccc5cc(-c6cccc7ccccc67)ccc5c4)c3)nc(-c3ccc4ccccc4c3)n2)c([B])c1[B]. The first kappa shape index (κ1) is 39.7. The minimum absolute atomic E-state index is 0.110. The first-order valence-electron chi connectivity index (χ1n) is 21.6. The number of fused-ring (bicyclic) bond motifs is 6. The summed E-state index contributed by atoms with van der Waals surface area (Å²) in [4.78, 5) is 15.2. The Bertz CT molecular complexity index is 3940. The second kappa shape index (κ2) is 15.7. The zero-order chi connectivity index (χ0) is 44.6. The zero-order valence-electron chi connectivity index (χ0n) is 35.5. The van der Waals surface area contributed by atoms with E-state index in [1.54, 1.807) is 0 Å². The maximum atomic E-state index is 6.65. The van der Waals surface area contributed by atoms with Gasteiger partial charge < -0.3 is 4.42 Å². The number of rotatable bonds is 6. The van der Waals surface area contributed by atoms with E-state index in [2.05, 4.69) is 133 Å². The fraction of sp³-hybridized carbons (Fsp3) is 0. The van der Waals surface area contributed by atoms with Crippen molar-refractivity contribution in [2.45, 2.75) is 0 Å². The highest BCUT2D eigenvalue weighted by molar-refractivity contribution is 6.68. The van der Waals surface area contributed by atoms with Crippen molar-refractivity contribution in [3.8, 4) is 67.5 Å². The van der Waals surface area contributed by atoms with Crippen molar-refractivity contribution in [2.24, 2.45) is 0 Å². The molecule has 0 amide bonds. The molecule has 0 N–H and O–H groups in total. The van der Waals surface area contributed by atoms with Gasteiger partial charge in [-0.05, 0) is 108 Å². The molecule has 0 aliphatic heterocycles. The molecule has 4 nitrogen and oxygen atoms in total. The lowest BCUT2D eigenvalue weighted by molar-refractivity contribution is 0.669. The average molecular weight is 827 g/mol. The molecule has 2 heterocycles. The van der Waals surface area contributed by atoms with Crippen LogP contribution in [0.1, 0.15) is 0 Å². The number of aromatic nitrogens is 3. The second-order valence-corrected chi connectivity index (χ2v) is 16.7. The van der Waals surface area contributed by atoms with Gasteiger partial charge >= 0.3 is 0 Å². The molecular weight excluding hydrogens is 797 g/mol. The van der Waals surface area contributed by atoms with Gasteiger partial charge in [0.25, 0.3) is 0 Å². The molecular formula is C57H30B5N3O. The summed E-state index contributed by atoms with van der Waals surface area (Å²) in [7, 11) is 32.3.